The van der Waals surface area contributed by atoms with E-state index in [0.717, 1.165) is 0 Å². The smallest absolute Gasteiger partial charge is 0.326 e. The standard InChI is InChI=1S/C13H16N2O6/c1-21-10-5-3-2-4-8(10)7-14-13(20)15-9(12(18)19)6-11(16)17/h2-5,9H,6-7H2,1H3,(H,16,17)(H,18,19)(H2,14,15,20). The zero-order valence-electron chi connectivity index (χ0n) is 11.3. The minimum atomic E-state index is -1.49. The number of para-hydroxylation sites is 1. The molecule has 0 aromatic heterocycles. The monoisotopic (exact) mass is 296 g/mol. The van der Waals surface area contributed by atoms with Crippen LogP contribution in [0.25, 0.3) is 0 Å². The number of carbonyl (C=O) groups is 3. The molecule has 4 N–H and O–H groups in total. The maximum atomic E-state index is 11.6. The average Bonchev–Trinajstić information content (AvgIpc) is 2.44. The average molecular weight is 296 g/mol. The van der Waals surface area contributed by atoms with Crippen molar-refractivity contribution in [1.29, 1.82) is 0 Å². The molecule has 0 bridgehead atoms. The van der Waals surface area contributed by atoms with Gasteiger partial charge < -0.3 is 25.6 Å². The van der Waals surface area contributed by atoms with E-state index in [2.05, 4.69) is 10.6 Å². The van der Waals surface area contributed by atoms with E-state index in [0.29, 0.717) is 11.3 Å². The SMILES string of the molecule is COc1ccccc1CNC(=O)NC(CC(=O)O)C(=O)O. The van der Waals surface area contributed by atoms with E-state index in [1.165, 1.54) is 7.11 Å². The van der Waals surface area contributed by atoms with Crippen LogP contribution in [0, 0.1) is 0 Å². The van der Waals surface area contributed by atoms with Gasteiger partial charge in [-0.1, -0.05) is 18.2 Å². The number of rotatable bonds is 7. The zero-order valence-corrected chi connectivity index (χ0v) is 11.3. The second-order valence-electron chi connectivity index (χ2n) is 4.13. The molecule has 1 unspecified atom stereocenters. The van der Waals surface area contributed by atoms with Crippen LogP contribution in [0.1, 0.15) is 12.0 Å². The van der Waals surface area contributed by atoms with Crippen molar-refractivity contribution in [3.8, 4) is 5.75 Å². The number of carboxylic acids is 2. The Balaban J connectivity index is 2.56. The number of benzene rings is 1. The molecule has 2 amide bonds. The van der Waals surface area contributed by atoms with Crippen LogP contribution in [0.3, 0.4) is 0 Å². The van der Waals surface area contributed by atoms with E-state index in [1.54, 1.807) is 24.3 Å². The summed E-state index contributed by atoms with van der Waals surface area (Å²) in [5.41, 5.74) is 0.709. The van der Waals surface area contributed by atoms with Crippen molar-refractivity contribution < 1.29 is 29.3 Å². The van der Waals surface area contributed by atoms with Crippen molar-refractivity contribution in [2.24, 2.45) is 0 Å². The highest BCUT2D eigenvalue weighted by molar-refractivity contribution is 5.86. The molecule has 0 aliphatic rings. The molecule has 0 radical (unpaired) electrons. The number of hydrogen-bond donors (Lipinski definition) is 4. The Kier molecular flexibility index (Phi) is 5.99. The third-order valence-electron chi connectivity index (χ3n) is 2.61. The minimum Gasteiger partial charge on any atom is -0.496 e. The largest absolute Gasteiger partial charge is 0.496 e. The fourth-order valence-electron chi connectivity index (χ4n) is 1.61. The number of amides is 2. The predicted octanol–water partition coefficient (Wildman–Crippen LogP) is 0.422. The number of carboxylic acid groups (broad SMARTS) is 2. The third-order valence-corrected chi connectivity index (χ3v) is 2.61. The molecule has 0 saturated carbocycles. The molecule has 21 heavy (non-hydrogen) atoms. The van der Waals surface area contributed by atoms with Crippen LogP contribution >= 0.6 is 0 Å². The molecule has 1 rings (SSSR count). The lowest BCUT2D eigenvalue weighted by Crippen LogP contribution is -2.46. The number of aliphatic carboxylic acids is 2. The van der Waals surface area contributed by atoms with E-state index in [4.69, 9.17) is 14.9 Å². The van der Waals surface area contributed by atoms with E-state index in [9.17, 15) is 14.4 Å². The Morgan fingerprint density at radius 1 is 1.24 bits per heavy atom. The van der Waals surface area contributed by atoms with Gasteiger partial charge in [0.1, 0.15) is 11.8 Å². The van der Waals surface area contributed by atoms with E-state index in [1.807, 2.05) is 0 Å². The van der Waals surface area contributed by atoms with Gasteiger partial charge in [0.05, 0.1) is 13.5 Å². The van der Waals surface area contributed by atoms with Crippen molar-refractivity contribution in [2.45, 2.75) is 19.0 Å². The summed E-state index contributed by atoms with van der Waals surface area (Å²) in [4.78, 5) is 32.9. The van der Waals surface area contributed by atoms with Gasteiger partial charge in [-0.05, 0) is 6.07 Å². The first-order valence-electron chi connectivity index (χ1n) is 6.05. The number of methoxy groups -OCH3 is 1. The second-order valence-corrected chi connectivity index (χ2v) is 4.13. The van der Waals surface area contributed by atoms with Crippen LogP contribution in [0.2, 0.25) is 0 Å². The van der Waals surface area contributed by atoms with Crippen LogP contribution in [-0.2, 0) is 16.1 Å². The highest BCUT2D eigenvalue weighted by Gasteiger charge is 2.22. The molecular formula is C13H16N2O6. The summed E-state index contributed by atoms with van der Waals surface area (Å²) < 4.78 is 5.11. The van der Waals surface area contributed by atoms with Gasteiger partial charge in [0, 0.05) is 12.1 Å². The summed E-state index contributed by atoms with van der Waals surface area (Å²) in [7, 11) is 1.49. The summed E-state index contributed by atoms with van der Waals surface area (Å²) >= 11 is 0. The summed E-state index contributed by atoms with van der Waals surface area (Å²) in [6, 6.07) is 4.75. The van der Waals surface area contributed by atoms with Gasteiger partial charge in [-0.25, -0.2) is 9.59 Å². The maximum Gasteiger partial charge on any atom is 0.326 e. The highest BCUT2D eigenvalue weighted by Crippen LogP contribution is 2.16. The Morgan fingerprint density at radius 2 is 1.90 bits per heavy atom. The number of hydrogen-bond acceptors (Lipinski definition) is 4. The Morgan fingerprint density at radius 3 is 2.48 bits per heavy atom. The lowest BCUT2D eigenvalue weighted by molar-refractivity contribution is -0.145. The summed E-state index contributed by atoms with van der Waals surface area (Å²) in [6.45, 7) is 0.120. The first-order valence-corrected chi connectivity index (χ1v) is 6.05. The number of ether oxygens (including phenoxy) is 1. The molecule has 0 aliphatic carbocycles. The summed E-state index contributed by atoms with van der Waals surface area (Å²) in [6.07, 6.45) is -0.697. The van der Waals surface area contributed by atoms with Gasteiger partial charge in [0.2, 0.25) is 0 Å². The molecule has 0 fully saturated rings. The van der Waals surface area contributed by atoms with Crippen LogP contribution < -0.4 is 15.4 Å². The van der Waals surface area contributed by atoms with Crippen molar-refractivity contribution in [3.63, 3.8) is 0 Å². The minimum absolute atomic E-state index is 0.120. The third kappa shape index (κ3) is 5.39. The molecule has 0 saturated heterocycles. The molecule has 8 nitrogen and oxygen atoms in total. The van der Waals surface area contributed by atoms with E-state index < -0.39 is 30.4 Å². The molecule has 8 heteroatoms. The first-order chi connectivity index (χ1) is 9.93. The fourth-order valence-corrected chi connectivity index (χ4v) is 1.61. The Bertz CT molecular complexity index is 531. The fraction of sp³-hybridized carbons (Fsp3) is 0.308. The first kappa shape index (κ1) is 16.3. The predicted molar refractivity (Wildman–Crippen MR) is 72.0 cm³/mol. The van der Waals surface area contributed by atoms with Crippen molar-refractivity contribution >= 4 is 18.0 Å². The van der Waals surface area contributed by atoms with Gasteiger partial charge >= 0.3 is 18.0 Å². The van der Waals surface area contributed by atoms with Gasteiger partial charge in [0.25, 0.3) is 0 Å². The van der Waals surface area contributed by atoms with Crippen LogP contribution in [0.5, 0.6) is 5.75 Å². The normalized spacial score (nSPS) is 11.3. The molecule has 1 atom stereocenters. The van der Waals surface area contributed by atoms with Crippen LogP contribution in [-0.4, -0.2) is 41.3 Å². The second kappa shape index (κ2) is 7.73. The molecule has 0 aliphatic heterocycles. The lowest BCUT2D eigenvalue weighted by atomic mass is 10.2. The van der Waals surface area contributed by atoms with Gasteiger partial charge in [-0.2, -0.15) is 0 Å². The van der Waals surface area contributed by atoms with E-state index >= 15 is 0 Å². The number of nitrogens with one attached hydrogen (secondary N) is 2. The van der Waals surface area contributed by atoms with Crippen LogP contribution in [0.15, 0.2) is 24.3 Å². The molecule has 0 heterocycles. The summed E-state index contributed by atoms with van der Waals surface area (Å²) in [5, 5.41) is 21.9. The topological polar surface area (TPSA) is 125 Å². The lowest BCUT2D eigenvalue weighted by Gasteiger charge is -2.14. The molecule has 1 aromatic carbocycles. The molecule has 1 aromatic rings. The zero-order chi connectivity index (χ0) is 15.8. The molecule has 114 valence electrons. The highest BCUT2D eigenvalue weighted by atomic mass is 16.5. The van der Waals surface area contributed by atoms with Crippen molar-refractivity contribution in [3.05, 3.63) is 29.8 Å². The Hall–Kier alpha value is -2.77. The number of carbonyl (C=O) groups excluding carboxylic acids is 1. The van der Waals surface area contributed by atoms with Crippen molar-refractivity contribution in [1.82, 2.24) is 10.6 Å². The van der Waals surface area contributed by atoms with E-state index in [-0.39, 0.29) is 6.54 Å². The van der Waals surface area contributed by atoms with Crippen molar-refractivity contribution in [2.75, 3.05) is 7.11 Å². The summed E-state index contributed by atoms with van der Waals surface area (Å²) in [5.74, 6) is -2.14. The molecule has 0 spiro atoms. The van der Waals surface area contributed by atoms with Gasteiger partial charge in [-0.3, -0.25) is 4.79 Å². The quantitative estimate of drug-likeness (QED) is 0.578. The number of urea groups is 1. The molecular weight excluding hydrogens is 280 g/mol. The van der Waals surface area contributed by atoms with Crippen LogP contribution in [0.4, 0.5) is 4.79 Å². The van der Waals surface area contributed by atoms with Gasteiger partial charge in [-0.15, -0.1) is 0 Å². The Labute approximate surface area is 120 Å². The van der Waals surface area contributed by atoms with Gasteiger partial charge in [0.15, 0.2) is 0 Å². The maximum absolute atomic E-state index is 11.6.